The summed E-state index contributed by atoms with van der Waals surface area (Å²) in [5.41, 5.74) is 4.21. The molecule has 0 unspecified atom stereocenters. The summed E-state index contributed by atoms with van der Waals surface area (Å²) in [5, 5.41) is 0. The summed E-state index contributed by atoms with van der Waals surface area (Å²) in [7, 11) is 0. The van der Waals surface area contributed by atoms with E-state index < -0.39 is 36.4 Å². The van der Waals surface area contributed by atoms with Crippen LogP contribution in [0.3, 0.4) is 0 Å². The second-order valence-electron chi connectivity index (χ2n) is 8.89. The van der Waals surface area contributed by atoms with E-state index >= 15 is 0 Å². The Kier molecular flexibility index (Phi) is 7.80. The van der Waals surface area contributed by atoms with Crippen molar-refractivity contribution in [3.05, 3.63) is 106 Å². The van der Waals surface area contributed by atoms with Crippen LogP contribution in [-0.4, -0.2) is 43.0 Å². The molecule has 1 heterocycles. The zero-order valence-electron chi connectivity index (χ0n) is 20.4. The van der Waals surface area contributed by atoms with Gasteiger partial charge in [0.25, 0.3) is 0 Å². The zero-order chi connectivity index (χ0) is 25.7. The Balaban J connectivity index is 1.43. The van der Waals surface area contributed by atoms with Gasteiger partial charge in [0, 0.05) is 0 Å². The Bertz CT molecular complexity index is 1210. The third-order valence-corrected chi connectivity index (χ3v) is 5.90. The number of benzene rings is 3. The van der Waals surface area contributed by atoms with Gasteiger partial charge < -0.3 is 18.9 Å². The maximum absolute atomic E-state index is 12.7. The maximum atomic E-state index is 12.7. The van der Waals surface area contributed by atoms with Crippen molar-refractivity contribution in [2.24, 2.45) is 0 Å². The van der Waals surface area contributed by atoms with Crippen molar-refractivity contribution in [1.29, 1.82) is 0 Å². The fourth-order valence-electron chi connectivity index (χ4n) is 3.73. The normalized spacial score (nSPS) is 18.9. The van der Waals surface area contributed by atoms with Crippen LogP contribution in [0.5, 0.6) is 0 Å². The van der Waals surface area contributed by atoms with Gasteiger partial charge in [0.2, 0.25) is 6.29 Å². The number of aryl methyl sites for hydroxylation is 3. The van der Waals surface area contributed by atoms with Crippen LogP contribution in [0.25, 0.3) is 0 Å². The SMILES string of the molecule is Cc1ccc(C(=O)OC[C@@H]2O[C@H](OC(=O)c3ccc(C)cc3)C[C@H]2OC(=O)c2ccc(C)cc2)cc1. The first kappa shape index (κ1) is 25.1. The molecule has 7 nitrogen and oxygen atoms in total. The van der Waals surface area contributed by atoms with Gasteiger partial charge in [0.15, 0.2) is 0 Å². The number of ether oxygens (including phenoxy) is 4. The van der Waals surface area contributed by atoms with E-state index in [-0.39, 0.29) is 13.0 Å². The quantitative estimate of drug-likeness (QED) is 0.343. The van der Waals surface area contributed by atoms with E-state index in [1.165, 1.54) is 0 Å². The van der Waals surface area contributed by atoms with Gasteiger partial charge in [0.05, 0.1) is 23.1 Å². The van der Waals surface area contributed by atoms with Crippen LogP contribution in [0, 0.1) is 20.8 Å². The number of hydrogen-bond donors (Lipinski definition) is 0. The fraction of sp³-hybridized carbons (Fsp3) is 0.276. The molecule has 7 heteroatoms. The highest BCUT2D eigenvalue weighted by molar-refractivity contribution is 5.90. The third-order valence-electron chi connectivity index (χ3n) is 5.90. The van der Waals surface area contributed by atoms with Crippen molar-refractivity contribution in [1.82, 2.24) is 0 Å². The molecule has 3 aromatic carbocycles. The first-order chi connectivity index (χ1) is 17.3. The Morgan fingerprint density at radius 2 is 1.08 bits per heavy atom. The Labute approximate surface area is 209 Å². The largest absolute Gasteiger partial charge is 0.459 e. The molecule has 1 saturated heterocycles. The van der Waals surface area contributed by atoms with Crippen molar-refractivity contribution < 1.29 is 33.3 Å². The summed E-state index contributed by atoms with van der Waals surface area (Å²) in [6.45, 7) is 5.60. The standard InChI is InChI=1S/C29H28O7/c1-18-4-10-21(11-5-18)27(30)33-17-25-24(35-28(31)22-12-6-19(2)7-13-22)16-26(34-25)36-29(32)23-14-8-20(3)9-15-23/h4-15,24-26H,16-17H2,1-3H3/t24-,25+,26-/m1/s1. The van der Waals surface area contributed by atoms with Gasteiger partial charge in [0.1, 0.15) is 18.8 Å². The predicted octanol–water partition coefficient (Wildman–Crippen LogP) is 4.97. The number of rotatable bonds is 7. The average Bonchev–Trinajstić information content (AvgIpc) is 3.24. The molecule has 186 valence electrons. The minimum atomic E-state index is -0.960. The van der Waals surface area contributed by atoms with E-state index in [0.717, 1.165) is 16.7 Å². The maximum Gasteiger partial charge on any atom is 0.340 e. The van der Waals surface area contributed by atoms with Gasteiger partial charge >= 0.3 is 17.9 Å². The summed E-state index contributed by atoms with van der Waals surface area (Å²) in [4.78, 5) is 37.8. The second-order valence-corrected chi connectivity index (χ2v) is 8.89. The molecule has 0 saturated carbocycles. The molecule has 3 atom stereocenters. The monoisotopic (exact) mass is 488 g/mol. The van der Waals surface area contributed by atoms with Crippen LogP contribution in [0.15, 0.2) is 72.8 Å². The van der Waals surface area contributed by atoms with E-state index in [2.05, 4.69) is 0 Å². The molecule has 36 heavy (non-hydrogen) atoms. The third kappa shape index (κ3) is 6.37. The van der Waals surface area contributed by atoms with Crippen LogP contribution >= 0.6 is 0 Å². The van der Waals surface area contributed by atoms with Crippen LogP contribution in [-0.2, 0) is 18.9 Å². The molecule has 0 aromatic heterocycles. The lowest BCUT2D eigenvalue weighted by Crippen LogP contribution is -2.32. The summed E-state index contributed by atoms with van der Waals surface area (Å²) in [6.07, 6.45) is -2.43. The Hall–Kier alpha value is -3.97. The average molecular weight is 489 g/mol. The molecular formula is C29H28O7. The number of esters is 3. The van der Waals surface area contributed by atoms with Crippen molar-refractivity contribution in [2.45, 2.75) is 45.7 Å². The second kappa shape index (κ2) is 11.2. The van der Waals surface area contributed by atoms with Gasteiger partial charge in [-0.2, -0.15) is 0 Å². The van der Waals surface area contributed by atoms with Gasteiger partial charge in [-0.3, -0.25) is 0 Å². The summed E-state index contributed by atoms with van der Waals surface area (Å²) < 4.78 is 22.5. The zero-order valence-corrected chi connectivity index (χ0v) is 20.4. The molecule has 0 spiro atoms. The smallest absolute Gasteiger partial charge is 0.340 e. The van der Waals surface area contributed by atoms with Crippen LogP contribution < -0.4 is 0 Å². The molecule has 4 rings (SSSR count). The fourth-order valence-corrected chi connectivity index (χ4v) is 3.73. The van der Waals surface area contributed by atoms with E-state index in [1.807, 2.05) is 57.2 Å². The van der Waals surface area contributed by atoms with E-state index in [1.54, 1.807) is 36.4 Å². The first-order valence-corrected chi connectivity index (χ1v) is 11.7. The Morgan fingerprint density at radius 1 is 0.667 bits per heavy atom. The topological polar surface area (TPSA) is 88.1 Å². The molecule has 1 aliphatic heterocycles. The lowest BCUT2D eigenvalue weighted by molar-refractivity contribution is -0.117. The molecule has 0 amide bonds. The number of carbonyl (C=O) groups is 3. The predicted molar refractivity (Wildman–Crippen MR) is 132 cm³/mol. The van der Waals surface area contributed by atoms with Crippen molar-refractivity contribution in [3.63, 3.8) is 0 Å². The number of carbonyl (C=O) groups excluding carboxylic acids is 3. The summed E-state index contributed by atoms with van der Waals surface area (Å²) in [6, 6.07) is 20.9. The van der Waals surface area contributed by atoms with Gasteiger partial charge in [-0.25, -0.2) is 14.4 Å². The minimum absolute atomic E-state index is 0.113. The van der Waals surface area contributed by atoms with Crippen LogP contribution in [0.2, 0.25) is 0 Å². The van der Waals surface area contributed by atoms with Crippen molar-refractivity contribution in [2.75, 3.05) is 6.61 Å². The van der Waals surface area contributed by atoms with E-state index in [9.17, 15) is 14.4 Å². The number of hydrogen-bond acceptors (Lipinski definition) is 7. The van der Waals surface area contributed by atoms with Gasteiger partial charge in [-0.05, 0) is 57.2 Å². The lowest BCUT2D eigenvalue weighted by Gasteiger charge is -2.18. The Morgan fingerprint density at radius 3 is 1.56 bits per heavy atom. The molecule has 0 bridgehead atoms. The highest BCUT2D eigenvalue weighted by Crippen LogP contribution is 2.27. The molecule has 0 N–H and O–H groups in total. The first-order valence-electron chi connectivity index (χ1n) is 11.7. The van der Waals surface area contributed by atoms with Crippen molar-refractivity contribution in [3.8, 4) is 0 Å². The molecule has 0 radical (unpaired) electrons. The van der Waals surface area contributed by atoms with Crippen molar-refractivity contribution >= 4 is 17.9 Å². The van der Waals surface area contributed by atoms with Crippen LogP contribution in [0.1, 0.15) is 54.2 Å². The van der Waals surface area contributed by atoms with Gasteiger partial charge in [-0.15, -0.1) is 0 Å². The lowest BCUT2D eigenvalue weighted by atomic mass is 10.1. The summed E-state index contributed by atoms with van der Waals surface area (Å²) >= 11 is 0. The molecular weight excluding hydrogens is 460 g/mol. The molecule has 1 aliphatic rings. The van der Waals surface area contributed by atoms with E-state index in [0.29, 0.717) is 16.7 Å². The molecule has 3 aromatic rings. The van der Waals surface area contributed by atoms with Crippen LogP contribution in [0.4, 0.5) is 0 Å². The van der Waals surface area contributed by atoms with Gasteiger partial charge in [-0.1, -0.05) is 53.1 Å². The highest BCUT2D eigenvalue weighted by Gasteiger charge is 2.41. The minimum Gasteiger partial charge on any atom is -0.459 e. The highest BCUT2D eigenvalue weighted by atomic mass is 16.7. The summed E-state index contributed by atoms with van der Waals surface area (Å²) in [5.74, 6) is -1.62. The molecule has 0 aliphatic carbocycles. The molecule has 1 fully saturated rings. The van der Waals surface area contributed by atoms with E-state index in [4.69, 9.17) is 18.9 Å².